The first-order chi connectivity index (χ1) is 14.4. The van der Waals surface area contributed by atoms with Crippen molar-refractivity contribution in [3.05, 3.63) is 48.0 Å². The third-order valence-electron chi connectivity index (χ3n) is 4.94. The van der Waals surface area contributed by atoms with Crippen LogP contribution in [-0.4, -0.2) is 44.9 Å². The van der Waals surface area contributed by atoms with Gasteiger partial charge < -0.3 is 14.8 Å². The first-order valence-corrected chi connectivity index (χ1v) is 11.6. The van der Waals surface area contributed by atoms with Gasteiger partial charge in [0.25, 0.3) is 5.91 Å². The van der Waals surface area contributed by atoms with Crippen LogP contribution in [0.5, 0.6) is 11.5 Å². The van der Waals surface area contributed by atoms with Crippen molar-refractivity contribution in [3.63, 3.8) is 0 Å². The standard InChI is InChI=1S/C22H28N2O5S/c1-3-28-20-9-5-6-10-21(20)29-16-22(25)23-19-15-18(12-11-17(19)2)30(26,27)24-13-7-4-8-14-24/h5-6,9-12,15H,3-4,7-8,13-14,16H2,1-2H3,(H,23,25). The summed E-state index contributed by atoms with van der Waals surface area (Å²) in [5, 5.41) is 2.76. The number of benzene rings is 2. The average Bonchev–Trinajstić information content (AvgIpc) is 2.75. The first kappa shape index (κ1) is 22.1. The Kier molecular flexibility index (Phi) is 7.33. The number of ether oxygens (including phenoxy) is 2. The Labute approximate surface area is 178 Å². The van der Waals surface area contributed by atoms with E-state index in [9.17, 15) is 13.2 Å². The Morgan fingerprint density at radius 3 is 2.37 bits per heavy atom. The average molecular weight is 433 g/mol. The number of para-hydroxylation sites is 2. The minimum absolute atomic E-state index is 0.188. The van der Waals surface area contributed by atoms with Crippen LogP contribution in [-0.2, 0) is 14.8 Å². The van der Waals surface area contributed by atoms with Crippen molar-refractivity contribution in [2.75, 3.05) is 31.6 Å². The van der Waals surface area contributed by atoms with Crippen LogP contribution in [0, 0.1) is 6.92 Å². The van der Waals surface area contributed by atoms with E-state index in [4.69, 9.17) is 9.47 Å². The number of rotatable bonds is 8. The minimum atomic E-state index is -3.57. The molecule has 0 bridgehead atoms. The van der Waals surface area contributed by atoms with Crippen LogP contribution >= 0.6 is 0 Å². The highest BCUT2D eigenvalue weighted by atomic mass is 32.2. The van der Waals surface area contributed by atoms with E-state index < -0.39 is 10.0 Å². The van der Waals surface area contributed by atoms with Crippen molar-refractivity contribution in [1.82, 2.24) is 4.31 Å². The van der Waals surface area contributed by atoms with Gasteiger partial charge in [0.15, 0.2) is 18.1 Å². The van der Waals surface area contributed by atoms with Gasteiger partial charge in [0, 0.05) is 18.8 Å². The van der Waals surface area contributed by atoms with Gasteiger partial charge in [-0.3, -0.25) is 4.79 Å². The largest absolute Gasteiger partial charge is 0.490 e. The molecule has 0 aromatic heterocycles. The zero-order chi connectivity index (χ0) is 21.6. The van der Waals surface area contributed by atoms with E-state index in [0.717, 1.165) is 24.8 Å². The van der Waals surface area contributed by atoms with E-state index >= 15 is 0 Å². The number of carbonyl (C=O) groups is 1. The highest BCUT2D eigenvalue weighted by molar-refractivity contribution is 7.89. The van der Waals surface area contributed by atoms with Crippen LogP contribution in [0.3, 0.4) is 0 Å². The van der Waals surface area contributed by atoms with Crippen LogP contribution in [0.4, 0.5) is 5.69 Å². The quantitative estimate of drug-likeness (QED) is 0.689. The minimum Gasteiger partial charge on any atom is -0.490 e. The summed E-state index contributed by atoms with van der Waals surface area (Å²) in [7, 11) is -3.57. The molecule has 1 fully saturated rings. The molecule has 8 heteroatoms. The monoisotopic (exact) mass is 432 g/mol. The highest BCUT2D eigenvalue weighted by Crippen LogP contribution is 2.27. The molecule has 162 valence electrons. The third-order valence-corrected chi connectivity index (χ3v) is 6.84. The maximum Gasteiger partial charge on any atom is 0.262 e. The predicted octanol–water partition coefficient (Wildman–Crippen LogP) is 3.59. The van der Waals surface area contributed by atoms with E-state index in [2.05, 4.69) is 5.32 Å². The molecule has 0 radical (unpaired) electrons. The second kappa shape index (κ2) is 9.95. The Morgan fingerprint density at radius 2 is 1.70 bits per heavy atom. The third kappa shape index (κ3) is 5.31. The summed E-state index contributed by atoms with van der Waals surface area (Å²) in [5.41, 5.74) is 1.23. The Bertz CT molecular complexity index is 985. The number of carbonyl (C=O) groups excluding carboxylic acids is 1. The molecule has 2 aromatic carbocycles. The number of sulfonamides is 1. The molecule has 1 aliphatic rings. The molecule has 1 amide bonds. The maximum absolute atomic E-state index is 12.9. The van der Waals surface area contributed by atoms with Crippen LogP contribution < -0.4 is 14.8 Å². The molecule has 0 spiro atoms. The second-order valence-electron chi connectivity index (χ2n) is 7.16. The Balaban J connectivity index is 1.69. The summed E-state index contributed by atoms with van der Waals surface area (Å²) < 4.78 is 38.4. The molecule has 2 aromatic rings. The van der Waals surface area contributed by atoms with Gasteiger partial charge in [-0.15, -0.1) is 0 Å². The zero-order valence-corrected chi connectivity index (χ0v) is 18.2. The predicted molar refractivity (Wildman–Crippen MR) is 116 cm³/mol. The van der Waals surface area contributed by atoms with E-state index in [1.54, 1.807) is 30.3 Å². The normalized spacial score (nSPS) is 14.9. The number of amides is 1. The second-order valence-corrected chi connectivity index (χ2v) is 9.10. The Hall–Kier alpha value is -2.58. The van der Waals surface area contributed by atoms with Gasteiger partial charge in [0.1, 0.15) is 0 Å². The van der Waals surface area contributed by atoms with Crippen molar-refractivity contribution in [2.45, 2.75) is 38.0 Å². The molecule has 1 saturated heterocycles. The number of hydrogen-bond acceptors (Lipinski definition) is 5. The van der Waals surface area contributed by atoms with Gasteiger partial charge in [-0.25, -0.2) is 8.42 Å². The molecule has 0 atom stereocenters. The lowest BCUT2D eigenvalue weighted by molar-refractivity contribution is -0.118. The SMILES string of the molecule is CCOc1ccccc1OCC(=O)Nc1cc(S(=O)(=O)N2CCCCC2)ccc1C. The highest BCUT2D eigenvalue weighted by Gasteiger charge is 2.26. The molecule has 0 saturated carbocycles. The summed E-state index contributed by atoms with van der Waals surface area (Å²) >= 11 is 0. The van der Waals surface area contributed by atoms with Gasteiger partial charge in [-0.1, -0.05) is 24.6 Å². The van der Waals surface area contributed by atoms with Crippen LogP contribution in [0.25, 0.3) is 0 Å². The summed E-state index contributed by atoms with van der Waals surface area (Å²) in [6.45, 7) is 5.03. The van der Waals surface area contributed by atoms with Crippen LogP contribution in [0.2, 0.25) is 0 Å². The summed E-state index contributed by atoms with van der Waals surface area (Å²) in [6.07, 6.45) is 2.79. The topological polar surface area (TPSA) is 84.9 Å². The number of piperidine rings is 1. The van der Waals surface area contributed by atoms with Crippen LogP contribution in [0.15, 0.2) is 47.4 Å². The summed E-state index contributed by atoms with van der Waals surface area (Å²) in [6, 6.07) is 11.9. The fraction of sp³-hybridized carbons (Fsp3) is 0.409. The van der Waals surface area contributed by atoms with Crippen molar-refractivity contribution < 1.29 is 22.7 Å². The van der Waals surface area contributed by atoms with Gasteiger partial charge in [-0.05, 0) is 56.5 Å². The lowest BCUT2D eigenvalue weighted by Crippen LogP contribution is -2.35. The number of nitrogens with zero attached hydrogens (tertiary/aromatic N) is 1. The van der Waals surface area contributed by atoms with Gasteiger partial charge in [-0.2, -0.15) is 4.31 Å². The molecular formula is C22H28N2O5S. The lowest BCUT2D eigenvalue weighted by Gasteiger charge is -2.26. The molecule has 30 heavy (non-hydrogen) atoms. The number of aryl methyl sites for hydroxylation is 1. The fourth-order valence-corrected chi connectivity index (χ4v) is 4.87. The van der Waals surface area contributed by atoms with Gasteiger partial charge >= 0.3 is 0 Å². The first-order valence-electron chi connectivity index (χ1n) is 10.2. The van der Waals surface area contributed by atoms with E-state index in [1.165, 1.54) is 10.4 Å². The molecule has 1 aliphatic heterocycles. The van der Waals surface area contributed by atoms with Gasteiger partial charge in [0.05, 0.1) is 11.5 Å². The van der Waals surface area contributed by atoms with Crippen molar-refractivity contribution in [1.29, 1.82) is 0 Å². The summed E-state index contributed by atoms with van der Waals surface area (Å²) in [4.78, 5) is 12.6. The van der Waals surface area contributed by atoms with Crippen molar-refractivity contribution >= 4 is 21.6 Å². The number of nitrogens with one attached hydrogen (secondary N) is 1. The molecule has 0 aliphatic carbocycles. The Morgan fingerprint density at radius 1 is 1.03 bits per heavy atom. The molecule has 7 nitrogen and oxygen atoms in total. The molecule has 0 unspecified atom stereocenters. The lowest BCUT2D eigenvalue weighted by atomic mass is 10.2. The zero-order valence-electron chi connectivity index (χ0n) is 17.4. The molecule has 3 rings (SSSR count). The van der Waals surface area contributed by atoms with E-state index in [1.807, 2.05) is 19.9 Å². The summed E-state index contributed by atoms with van der Waals surface area (Å²) in [5.74, 6) is 0.670. The van der Waals surface area contributed by atoms with Gasteiger partial charge in [0.2, 0.25) is 10.0 Å². The number of hydrogen-bond donors (Lipinski definition) is 1. The van der Waals surface area contributed by atoms with Crippen molar-refractivity contribution in [3.8, 4) is 11.5 Å². The smallest absolute Gasteiger partial charge is 0.262 e. The fourth-order valence-electron chi connectivity index (χ4n) is 3.32. The van der Waals surface area contributed by atoms with Crippen LogP contribution in [0.1, 0.15) is 31.7 Å². The van der Waals surface area contributed by atoms with E-state index in [-0.39, 0.29) is 17.4 Å². The van der Waals surface area contributed by atoms with E-state index in [0.29, 0.717) is 36.9 Å². The molecule has 1 heterocycles. The number of anilines is 1. The maximum atomic E-state index is 12.9. The molecule has 1 N–H and O–H groups in total. The van der Waals surface area contributed by atoms with Crippen molar-refractivity contribution in [2.24, 2.45) is 0 Å². The molecular weight excluding hydrogens is 404 g/mol.